The molecule has 0 aliphatic rings. The number of aliphatic hydroxyl groups is 1. The second-order valence-electron chi connectivity index (χ2n) is 6.25. The molecule has 2 rings (SSSR count). The number of aliphatic hydroxyl groups excluding tert-OH is 1. The second kappa shape index (κ2) is 9.99. The minimum atomic E-state index is -0.512. The molecule has 3 heteroatoms. The van der Waals surface area contributed by atoms with Crippen LogP contribution in [0, 0.1) is 6.92 Å². The third kappa shape index (κ3) is 5.89. The number of aromatic nitrogens is 2. The van der Waals surface area contributed by atoms with Crippen molar-refractivity contribution in [3.05, 3.63) is 65.2 Å². The van der Waals surface area contributed by atoms with Gasteiger partial charge in [0.1, 0.15) is 0 Å². The summed E-state index contributed by atoms with van der Waals surface area (Å²) in [6, 6.07) is 10.2. The number of unbranched alkanes of at least 4 members (excludes halogenated alkanes) is 3. The van der Waals surface area contributed by atoms with E-state index < -0.39 is 6.10 Å². The minimum absolute atomic E-state index is 0.512. The van der Waals surface area contributed by atoms with Gasteiger partial charge in [-0.3, -0.25) is 9.97 Å². The summed E-state index contributed by atoms with van der Waals surface area (Å²) in [7, 11) is 0. The van der Waals surface area contributed by atoms with Crippen molar-refractivity contribution in [2.24, 2.45) is 0 Å². The first-order valence-electron chi connectivity index (χ1n) is 8.90. The first kappa shape index (κ1) is 18.3. The zero-order valence-corrected chi connectivity index (χ0v) is 14.8. The summed E-state index contributed by atoms with van der Waals surface area (Å²) in [5, 5.41) is 10.8. The molecule has 0 radical (unpaired) electrons. The third-order valence-corrected chi connectivity index (χ3v) is 4.27. The van der Waals surface area contributed by atoms with E-state index in [-0.39, 0.29) is 0 Å². The van der Waals surface area contributed by atoms with Gasteiger partial charge in [-0.05, 0) is 30.9 Å². The fourth-order valence-corrected chi connectivity index (χ4v) is 2.81. The average Bonchev–Trinajstić information content (AvgIpc) is 2.60. The molecule has 24 heavy (non-hydrogen) atoms. The van der Waals surface area contributed by atoms with Crippen LogP contribution in [0.4, 0.5) is 0 Å². The van der Waals surface area contributed by atoms with E-state index in [1.54, 1.807) is 12.4 Å². The van der Waals surface area contributed by atoms with Crippen LogP contribution in [0.3, 0.4) is 0 Å². The zero-order chi connectivity index (χ0) is 17.2. The topological polar surface area (TPSA) is 46.0 Å². The van der Waals surface area contributed by atoms with E-state index in [1.807, 2.05) is 25.1 Å². The van der Waals surface area contributed by atoms with E-state index in [9.17, 15) is 5.11 Å². The van der Waals surface area contributed by atoms with Crippen LogP contribution in [0.5, 0.6) is 0 Å². The van der Waals surface area contributed by atoms with Gasteiger partial charge in [0.05, 0.1) is 17.5 Å². The molecule has 1 unspecified atom stereocenters. The molecular formula is C21H28N2O. The highest BCUT2D eigenvalue weighted by molar-refractivity contribution is 5.53. The Kier molecular flexibility index (Phi) is 7.63. The molecule has 2 aromatic rings. The van der Waals surface area contributed by atoms with E-state index in [0.29, 0.717) is 6.42 Å². The first-order chi connectivity index (χ1) is 11.7. The minimum Gasteiger partial charge on any atom is -0.388 e. The Labute approximate surface area is 145 Å². The lowest BCUT2D eigenvalue weighted by atomic mass is 9.96. The highest BCUT2D eigenvalue weighted by atomic mass is 16.3. The van der Waals surface area contributed by atoms with Crippen molar-refractivity contribution in [3.63, 3.8) is 0 Å². The molecule has 0 spiro atoms. The quantitative estimate of drug-likeness (QED) is 0.678. The van der Waals surface area contributed by atoms with Crippen molar-refractivity contribution in [1.29, 1.82) is 0 Å². The van der Waals surface area contributed by atoms with Crippen molar-refractivity contribution in [2.75, 3.05) is 0 Å². The standard InChI is InChI=1S/C21H28N2O/c1-3-4-5-9-12-19(15-18-10-7-6-8-11-18)21(24)16-20-17(2)22-13-14-23-20/h6-8,10-11,13-15,21,24H,3-5,9,12,16H2,1-2H3. The third-order valence-electron chi connectivity index (χ3n) is 4.27. The van der Waals surface area contributed by atoms with Crippen LogP contribution in [0.15, 0.2) is 48.3 Å². The Hall–Kier alpha value is -2.00. The Balaban J connectivity index is 2.11. The molecule has 128 valence electrons. The van der Waals surface area contributed by atoms with Gasteiger partial charge in [0.25, 0.3) is 0 Å². The van der Waals surface area contributed by atoms with Gasteiger partial charge in [0.2, 0.25) is 0 Å². The second-order valence-corrected chi connectivity index (χ2v) is 6.25. The Morgan fingerprint density at radius 3 is 2.54 bits per heavy atom. The SMILES string of the molecule is CCCCCCC(=Cc1ccccc1)C(O)Cc1nccnc1C. The summed E-state index contributed by atoms with van der Waals surface area (Å²) in [6.07, 6.45) is 11.2. The van der Waals surface area contributed by atoms with Gasteiger partial charge in [0.15, 0.2) is 0 Å². The predicted molar refractivity (Wildman–Crippen MR) is 99.7 cm³/mol. The lowest BCUT2D eigenvalue weighted by Gasteiger charge is -2.16. The predicted octanol–water partition coefficient (Wildman–Crippen LogP) is 4.74. The molecule has 0 amide bonds. The summed E-state index contributed by atoms with van der Waals surface area (Å²) < 4.78 is 0. The molecule has 1 aromatic carbocycles. The molecule has 3 nitrogen and oxygen atoms in total. The zero-order valence-electron chi connectivity index (χ0n) is 14.8. The summed E-state index contributed by atoms with van der Waals surface area (Å²) in [5.74, 6) is 0. The van der Waals surface area contributed by atoms with E-state index in [2.05, 4.69) is 35.1 Å². The first-order valence-corrected chi connectivity index (χ1v) is 8.90. The summed E-state index contributed by atoms with van der Waals surface area (Å²) >= 11 is 0. The van der Waals surface area contributed by atoms with Gasteiger partial charge >= 0.3 is 0 Å². The maximum atomic E-state index is 10.8. The highest BCUT2D eigenvalue weighted by Gasteiger charge is 2.14. The molecule has 0 saturated heterocycles. The van der Waals surface area contributed by atoms with E-state index in [4.69, 9.17) is 0 Å². The van der Waals surface area contributed by atoms with Crippen LogP contribution in [0.1, 0.15) is 56.0 Å². The maximum Gasteiger partial charge on any atom is 0.0809 e. The molecule has 0 fully saturated rings. The number of aryl methyl sites for hydroxylation is 1. The Bertz CT molecular complexity index is 637. The van der Waals surface area contributed by atoms with Crippen molar-refractivity contribution < 1.29 is 5.11 Å². The number of rotatable bonds is 9. The summed E-state index contributed by atoms with van der Waals surface area (Å²) in [5.41, 5.74) is 3.99. The van der Waals surface area contributed by atoms with Crippen LogP contribution in [-0.2, 0) is 6.42 Å². The molecular weight excluding hydrogens is 296 g/mol. The molecule has 0 saturated carbocycles. The van der Waals surface area contributed by atoms with Gasteiger partial charge in [-0.15, -0.1) is 0 Å². The van der Waals surface area contributed by atoms with Crippen molar-refractivity contribution in [3.8, 4) is 0 Å². The Morgan fingerprint density at radius 1 is 1.08 bits per heavy atom. The van der Waals surface area contributed by atoms with Crippen molar-refractivity contribution in [2.45, 2.75) is 58.5 Å². The lowest BCUT2D eigenvalue weighted by molar-refractivity contribution is 0.206. The smallest absolute Gasteiger partial charge is 0.0809 e. The van der Waals surface area contributed by atoms with E-state index in [1.165, 1.54) is 19.3 Å². The highest BCUT2D eigenvalue weighted by Crippen LogP contribution is 2.20. The fraction of sp³-hybridized carbons (Fsp3) is 0.429. The van der Waals surface area contributed by atoms with Crippen molar-refractivity contribution >= 4 is 6.08 Å². The molecule has 0 aliphatic heterocycles. The normalized spacial score (nSPS) is 13.0. The van der Waals surface area contributed by atoms with Crippen molar-refractivity contribution in [1.82, 2.24) is 9.97 Å². The average molecular weight is 324 g/mol. The molecule has 0 aliphatic carbocycles. The van der Waals surface area contributed by atoms with Gasteiger partial charge in [-0.2, -0.15) is 0 Å². The van der Waals surface area contributed by atoms with Crippen LogP contribution in [0.25, 0.3) is 6.08 Å². The van der Waals surface area contributed by atoms with Crippen LogP contribution in [-0.4, -0.2) is 21.2 Å². The van der Waals surface area contributed by atoms with E-state index >= 15 is 0 Å². The largest absolute Gasteiger partial charge is 0.388 e. The van der Waals surface area contributed by atoms with Gasteiger partial charge in [-0.25, -0.2) is 0 Å². The molecule has 1 heterocycles. The molecule has 1 N–H and O–H groups in total. The number of benzene rings is 1. The monoisotopic (exact) mass is 324 g/mol. The van der Waals surface area contributed by atoms with Crippen LogP contribution < -0.4 is 0 Å². The molecule has 1 aromatic heterocycles. The summed E-state index contributed by atoms with van der Waals surface area (Å²) in [6.45, 7) is 4.16. The van der Waals surface area contributed by atoms with Crippen LogP contribution >= 0.6 is 0 Å². The number of hydrogen-bond acceptors (Lipinski definition) is 3. The van der Waals surface area contributed by atoms with E-state index in [0.717, 1.165) is 35.4 Å². The number of nitrogens with zero attached hydrogens (tertiary/aromatic N) is 2. The Morgan fingerprint density at radius 2 is 1.83 bits per heavy atom. The summed E-state index contributed by atoms with van der Waals surface area (Å²) in [4.78, 5) is 8.64. The van der Waals surface area contributed by atoms with Gasteiger partial charge < -0.3 is 5.11 Å². The van der Waals surface area contributed by atoms with Crippen LogP contribution in [0.2, 0.25) is 0 Å². The maximum absolute atomic E-state index is 10.8. The fourth-order valence-electron chi connectivity index (χ4n) is 2.81. The lowest BCUT2D eigenvalue weighted by Crippen LogP contribution is -2.16. The van der Waals surface area contributed by atoms with Gasteiger partial charge in [-0.1, -0.05) is 62.6 Å². The van der Waals surface area contributed by atoms with Gasteiger partial charge in [0, 0.05) is 18.8 Å². The number of hydrogen-bond donors (Lipinski definition) is 1. The molecule has 0 bridgehead atoms. The molecule has 1 atom stereocenters.